The first kappa shape index (κ1) is 18.0. The summed E-state index contributed by atoms with van der Waals surface area (Å²) in [5.74, 6) is 1.37. The minimum Gasteiger partial charge on any atom is -0.497 e. The van der Waals surface area contributed by atoms with Crippen LogP contribution in [-0.2, 0) is 4.79 Å². The van der Waals surface area contributed by atoms with E-state index in [1.807, 2.05) is 29.2 Å². The number of Topliss-reactive ketones (excluding diaryl/α,β-unsaturated/α-hetero) is 1. The van der Waals surface area contributed by atoms with Crippen LogP contribution in [0.2, 0.25) is 0 Å². The van der Waals surface area contributed by atoms with E-state index in [1.165, 1.54) is 6.92 Å². The van der Waals surface area contributed by atoms with Crippen molar-refractivity contribution in [2.75, 3.05) is 20.3 Å². The summed E-state index contributed by atoms with van der Waals surface area (Å²) in [6.07, 6.45) is 1.93. The summed E-state index contributed by atoms with van der Waals surface area (Å²) < 4.78 is 10.8. The number of nitrogens with zero attached hydrogens (tertiary/aromatic N) is 1. The topological polar surface area (TPSA) is 55.8 Å². The molecular weight excluding hydrogens is 330 g/mol. The summed E-state index contributed by atoms with van der Waals surface area (Å²) in [6.45, 7) is 2.25. The van der Waals surface area contributed by atoms with E-state index in [9.17, 15) is 9.59 Å². The van der Waals surface area contributed by atoms with Crippen molar-refractivity contribution in [1.29, 1.82) is 0 Å². The van der Waals surface area contributed by atoms with Crippen molar-refractivity contribution in [2.24, 2.45) is 0 Å². The van der Waals surface area contributed by atoms with Gasteiger partial charge in [-0.05, 0) is 61.7 Å². The highest BCUT2D eigenvalue weighted by atomic mass is 16.5. The van der Waals surface area contributed by atoms with E-state index < -0.39 is 0 Å². The highest BCUT2D eigenvalue weighted by Crippen LogP contribution is 2.32. The number of rotatable bonds is 6. The SMILES string of the molecule is COc1ccc(C2CCCN2C(=O)COc2ccc(C(C)=O)cc2)cc1. The summed E-state index contributed by atoms with van der Waals surface area (Å²) in [7, 11) is 1.64. The van der Waals surface area contributed by atoms with E-state index >= 15 is 0 Å². The van der Waals surface area contributed by atoms with Gasteiger partial charge >= 0.3 is 0 Å². The molecular formula is C21H23NO4. The van der Waals surface area contributed by atoms with E-state index in [0.717, 1.165) is 30.7 Å². The quantitative estimate of drug-likeness (QED) is 0.744. The molecule has 1 amide bonds. The zero-order valence-corrected chi connectivity index (χ0v) is 15.1. The molecule has 1 fully saturated rings. The Labute approximate surface area is 153 Å². The Balaban J connectivity index is 1.61. The normalized spacial score (nSPS) is 16.4. The van der Waals surface area contributed by atoms with E-state index in [-0.39, 0.29) is 24.3 Å². The predicted octanol–water partition coefficient (Wildman–Crippen LogP) is 3.64. The third-order valence-corrected chi connectivity index (χ3v) is 4.70. The number of carbonyl (C=O) groups is 2. The highest BCUT2D eigenvalue weighted by molar-refractivity contribution is 5.94. The first-order valence-corrected chi connectivity index (χ1v) is 8.75. The fraction of sp³-hybridized carbons (Fsp3) is 0.333. The van der Waals surface area contributed by atoms with Crippen molar-refractivity contribution < 1.29 is 19.1 Å². The lowest BCUT2D eigenvalue weighted by Crippen LogP contribution is -2.34. The standard InChI is InChI=1S/C21H23NO4/c1-15(23)16-5-11-19(12-6-16)26-14-21(24)22-13-3-4-20(22)17-7-9-18(25-2)10-8-17/h5-12,20H,3-4,13-14H2,1-2H3. The van der Waals surface area contributed by atoms with Crippen LogP contribution in [0.5, 0.6) is 11.5 Å². The number of amides is 1. The summed E-state index contributed by atoms with van der Waals surface area (Å²) >= 11 is 0. The summed E-state index contributed by atoms with van der Waals surface area (Å²) in [5, 5.41) is 0. The Morgan fingerprint density at radius 3 is 2.31 bits per heavy atom. The largest absolute Gasteiger partial charge is 0.497 e. The molecule has 0 aliphatic carbocycles. The van der Waals surface area contributed by atoms with Gasteiger partial charge in [-0.1, -0.05) is 12.1 Å². The van der Waals surface area contributed by atoms with Crippen LogP contribution in [0.1, 0.15) is 41.7 Å². The molecule has 26 heavy (non-hydrogen) atoms. The maximum Gasteiger partial charge on any atom is 0.261 e. The van der Waals surface area contributed by atoms with Crippen molar-refractivity contribution >= 4 is 11.7 Å². The maximum atomic E-state index is 12.6. The van der Waals surface area contributed by atoms with Crippen molar-refractivity contribution in [3.63, 3.8) is 0 Å². The third kappa shape index (κ3) is 4.04. The molecule has 0 spiro atoms. The average molecular weight is 353 g/mol. The van der Waals surface area contributed by atoms with Gasteiger partial charge in [-0.15, -0.1) is 0 Å². The Hall–Kier alpha value is -2.82. The molecule has 0 radical (unpaired) electrons. The molecule has 5 heteroatoms. The fourth-order valence-electron chi connectivity index (χ4n) is 3.25. The lowest BCUT2D eigenvalue weighted by molar-refractivity contribution is -0.134. The number of ketones is 1. The molecule has 1 atom stereocenters. The molecule has 1 unspecified atom stereocenters. The highest BCUT2D eigenvalue weighted by Gasteiger charge is 2.30. The van der Waals surface area contributed by atoms with Crippen molar-refractivity contribution in [3.05, 3.63) is 59.7 Å². The second-order valence-electron chi connectivity index (χ2n) is 6.39. The van der Waals surface area contributed by atoms with E-state index in [1.54, 1.807) is 31.4 Å². The second-order valence-corrected chi connectivity index (χ2v) is 6.39. The fourth-order valence-corrected chi connectivity index (χ4v) is 3.25. The second kappa shape index (κ2) is 8.04. The first-order chi connectivity index (χ1) is 12.6. The molecule has 5 nitrogen and oxygen atoms in total. The van der Waals surface area contributed by atoms with E-state index in [2.05, 4.69) is 0 Å². The van der Waals surface area contributed by atoms with Crippen molar-refractivity contribution in [3.8, 4) is 11.5 Å². The molecule has 3 rings (SSSR count). The molecule has 2 aromatic rings. The van der Waals surface area contributed by atoms with Crippen LogP contribution < -0.4 is 9.47 Å². The molecule has 136 valence electrons. The molecule has 0 N–H and O–H groups in total. The average Bonchev–Trinajstić information content (AvgIpc) is 3.16. The monoisotopic (exact) mass is 353 g/mol. The zero-order chi connectivity index (χ0) is 18.5. The van der Waals surface area contributed by atoms with Crippen molar-refractivity contribution in [1.82, 2.24) is 4.90 Å². The van der Waals surface area contributed by atoms with Gasteiger partial charge in [0, 0.05) is 12.1 Å². The lowest BCUT2D eigenvalue weighted by Gasteiger charge is -2.25. The van der Waals surface area contributed by atoms with Crippen LogP contribution in [0.15, 0.2) is 48.5 Å². The smallest absolute Gasteiger partial charge is 0.261 e. The van der Waals surface area contributed by atoms with Gasteiger partial charge in [0.05, 0.1) is 13.2 Å². The number of likely N-dealkylation sites (tertiary alicyclic amines) is 1. The molecule has 1 heterocycles. The number of hydrogen-bond acceptors (Lipinski definition) is 4. The van der Waals surface area contributed by atoms with Crippen molar-refractivity contribution in [2.45, 2.75) is 25.8 Å². The molecule has 0 aromatic heterocycles. The Morgan fingerprint density at radius 1 is 1.04 bits per heavy atom. The van der Waals surface area contributed by atoms with Crippen LogP contribution in [0.4, 0.5) is 0 Å². The van der Waals surface area contributed by atoms with Crippen LogP contribution in [0, 0.1) is 0 Å². The Kier molecular flexibility index (Phi) is 5.56. The lowest BCUT2D eigenvalue weighted by atomic mass is 10.0. The molecule has 0 bridgehead atoms. The number of hydrogen-bond donors (Lipinski definition) is 0. The summed E-state index contributed by atoms with van der Waals surface area (Å²) in [4.78, 5) is 25.8. The minimum atomic E-state index is -0.0287. The zero-order valence-electron chi connectivity index (χ0n) is 15.1. The van der Waals surface area contributed by atoms with Gasteiger partial charge in [0.2, 0.25) is 0 Å². The molecule has 1 aliphatic heterocycles. The van der Waals surface area contributed by atoms with Gasteiger partial charge in [-0.2, -0.15) is 0 Å². The molecule has 1 saturated heterocycles. The van der Waals surface area contributed by atoms with Gasteiger partial charge < -0.3 is 14.4 Å². The van der Waals surface area contributed by atoms with Crippen LogP contribution >= 0.6 is 0 Å². The van der Waals surface area contributed by atoms with Gasteiger partial charge in [0.25, 0.3) is 5.91 Å². The van der Waals surface area contributed by atoms with E-state index in [0.29, 0.717) is 11.3 Å². The minimum absolute atomic E-state index is 0.00651. The van der Waals surface area contributed by atoms with Crippen LogP contribution in [-0.4, -0.2) is 36.9 Å². The van der Waals surface area contributed by atoms with Crippen LogP contribution in [0.25, 0.3) is 0 Å². The van der Waals surface area contributed by atoms with Gasteiger partial charge in [0.15, 0.2) is 12.4 Å². The molecule has 0 saturated carbocycles. The Bertz CT molecular complexity index is 768. The van der Waals surface area contributed by atoms with Crippen LogP contribution in [0.3, 0.4) is 0 Å². The van der Waals surface area contributed by atoms with Gasteiger partial charge in [0.1, 0.15) is 11.5 Å². The molecule has 2 aromatic carbocycles. The first-order valence-electron chi connectivity index (χ1n) is 8.75. The third-order valence-electron chi connectivity index (χ3n) is 4.70. The number of ether oxygens (including phenoxy) is 2. The predicted molar refractivity (Wildman–Crippen MR) is 98.6 cm³/mol. The van der Waals surface area contributed by atoms with Gasteiger partial charge in [-0.3, -0.25) is 9.59 Å². The maximum absolute atomic E-state index is 12.6. The summed E-state index contributed by atoms with van der Waals surface area (Å²) in [5.41, 5.74) is 1.74. The number of carbonyl (C=O) groups excluding carboxylic acids is 2. The summed E-state index contributed by atoms with van der Waals surface area (Å²) in [6, 6.07) is 14.8. The Morgan fingerprint density at radius 2 is 1.69 bits per heavy atom. The molecule has 1 aliphatic rings. The number of methoxy groups -OCH3 is 1. The van der Waals surface area contributed by atoms with E-state index in [4.69, 9.17) is 9.47 Å². The van der Waals surface area contributed by atoms with Gasteiger partial charge in [-0.25, -0.2) is 0 Å². The number of benzene rings is 2.